The number of ether oxygens (including phenoxy) is 1. The molecule has 3 rings (SSSR count). The largest absolute Gasteiger partial charge is 0.465 e. The highest BCUT2D eigenvalue weighted by Crippen LogP contribution is 2.25. The molecule has 0 saturated carbocycles. The van der Waals surface area contributed by atoms with E-state index < -0.39 is 17.6 Å². The van der Waals surface area contributed by atoms with Gasteiger partial charge in [-0.2, -0.15) is 0 Å². The van der Waals surface area contributed by atoms with Crippen LogP contribution in [0.15, 0.2) is 42.6 Å². The van der Waals surface area contributed by atoms with Crippen LogP contribution in [0, 0.1) is 18.6 Å². The molecule has 0 fully saturated rings. The fourth-order valence-electron chi connectivity index (χ4n) is 2.78. The van der Waals surface area contributed by atoms with Crippen molar-refractivity contribution in [3.8, 4) is 0 Å². The number of fused-ring (bicyclic) bond motifs is 1. The van der Waals surface area contributed by atoms with E-state index in [2.05, 4.69) is 0 Å². The van der Waals surface area contributed by atoms with Crippen LogP contribution in [0.1, 0.15) is 21.5 Å². The zero-order valence-corrected chi connectivity index (χ0v) is 12.8. The Kier molecular flexibility index (Phi) is 3.86. The number of carbonyl (C=O) groups is 1. The highest BCUT2D eigenvalue weighted by molar-refractivity contribution is 5.97. The molecule has 3 aromatic rings. The number of esters is 1. The van der Waals surface area contributed by atoms with Crippen molar-refractivity contribution in [1.82, 2.24) is 4.57 Å². The molecule has 2 aromatic carbocycles. The van der Waals surface area contributed by atoms with Gasteiger partial charge in [-0.15, -0.1) is 0 Å². The summed E-state index contributed by atoms with van der Waals surface area (Å²) < 4.78 is 33.1. The highest BCUT2D eigenvalue weighted by atomic mass is 19.2. The molecule has 0 N–H and O–H groups in total. The van der Waals surface area contributed by atoms with Crippen LogP contribution in [0.4, 0.5) is 8.78 Å². The highest BCUT2D eigenvalue weighted by Gasteiger charge is 2.14. The molecule has 0 aliphatic carbocycles. The van der Waals surface area contributed by atoms with E-state index in [-0.39, 0.29) is 0 Å². The number of hydrogen-bond donors (Lipinski definition) is 0. The van der Waals surface area contributed by atoms with Gasteiger partial charge in [0, 0.05) is 12.7 Å². The summed E-state index contributed by atoms with van der Waals surface area (Å²) in [4.78, 5) is 11.8. The Morgan fingerprint density at radius 3 is 2.61 bits per heavy atom. The normalized spacial score (nSPS) is 11.0. The van der Waals surface area contributed by atoms with Crippen LogP contribution in [0.5, 0.6) is 0 Å². The SMILES string of the molecule is COC(=O)c1ccc2ccn(Cc3ccc(F)c(F)c3)c2c1C. The van der Waals surface area contributed by atoms with Crippen LogP contribution >= 0.6 is 0 Å². The van der Waals surface area contributed by atoms with Crippen molar-refractivity contribution in [3.63, 3.8) is 0 Å². The van der Waals surface area contributed by atoms with E-state index in [0.717, 1.165) is 22.5 Å². The lowest BCUT2D eigenvalue weighted by molar-refractivity contribution is 0.0600. The smallest absolute Gasteiger partial charge is 0.338 e. The average Bonchev–Trinajstić information content (AvgIpc) is 2.94. The first-order valence-corrected chi connectivity index (χ1v) is 7.12. The Hall–Kier alpha value is -2.69. The molecule has 1 heterocycles. The second kappa shape index (κ2) is 5.83. The van der Waals surface area contributed by atoms with Gasteiger partial charge in [-0.3, -0.25) is 0 Å². The van der Waals surface area contributed by atoms with Gasteiger partial charge in [0.2, 0.25) is 0 Å². The molecule has 118 valence electrons. The van der Waals surface area contributed by atoms with E-state index in [1.807, 2.05) is 29.8 Å². The summed E-state index contributed by atoms with van der Waals surface area (Å²) in [6.07, 6.45) is 1.86. The maximum absolute atomic E-state index is 13.4. The topological polar surface area (TPSA) is 31.2 Å². The molecule has 0 amide bonds. The minimum Gasteiger partial charge on any atom is -0.465 e. The van der Waals surface area contributed by atoms with Crippen molar-refractivity contribution >= 4 is 16.9 Å². The summed E-state index contributed by atoms with van der Waals surface area (Å²) >= 11 is 0. The van der Waals surface area contributed by atoms with Crippen molar-refractivity contribution in [2.24, 2.45) is 0 Å². The number of hydrogen-bond acceptors (Lipinski definition) is 2. The minimum absolute atomic E-state index is 0.381. The fourth-order valence-corrected chi connectivity index (χ4v) is 2.78. The fraction of sp³-hybridized carbons (Fsp3) is 0.167. The van der Waals surface area contributed by atoms with Crippen molar-refractivity contribution in [2.75, 3.05) is 7.11 Å². The zero-order chi connectivity index (χ0) is 16.6. The number of aromatic nitrogens is 1. The number of rotatable bonds is 3. The molecule has 0 bridgehead atoms. The molecular formula is C18H15F2NO2. The van der Waals surface area contributed by atoms with Crippen molar-refractivity contribution < 1.29 is 18.3 Å². The maximum atomic E-state index is 13.4. The number of nitrogens with zero attached hydrogens (tertiary/aromatic N) is 1. The van der Waals surface area contributed by atoms with Crippen LogP contribution < -0.4 is 0 Å². The van der Waals surface area contributed by atoms with Crippen molar-refractivity contribution in [2.45, 2.75) is 13.5 Å². The predicted octanol–water partition coefficient (Wildman–Crippen LogP) is 4.06. The molecule has 5 heteroatoms. The van der Waals surface area contributed by atoms with Gasteiger partial charge in [0.25, 0.3) is 0 Å². The zero-order valence-electron chi connectivity index (χ0n) is 12.8. The molecule has 0 unspecified atom stereocenters. The number of halogens is 2. The summed E-state index contributed by atoms with van der Waals surface area (Å²) in [7, 11) is 1.34. The molecule has 1 aromatic heterocycles. The Labute approximate surface area is 132 Å². The van der Waals surface area contributed by atoms with Gasteiger partial charge in [-0.1, -0.05) is 12.1 Å². The van der Waals surface area contributed by atoms with Crippen LogP contribution in [-0.4, -0.2) is 17.6 Å². The third-order valence-corrected chi connectivity index (χ3v) is 3.93. The van der Waals surface area contributed by atoms with Gasteiger partial charge in [0.05, 0.1) is 18.2 Å². The average molecular weight is 315 g/mol. The third-order valence-electron chi connectivity index (χ3n) is 3.93. The van der Waals surface area contributed by atoms with E-state index in [1.54, 1.807) is 12.1 Å². The lowest BCUT2D eigenvalue weighted by atomic mass is 10.1. The van der Waals surface area contributed by atoms with Crippen molar-refractivity contribution in [1.29, 1.82) is 0 Å². The van der Waals surface area contributed by atoms with Gasteiger partial charge in [-0.05, 0) is 47.7 Å². The Morgan fingerprint density at radius 2 is 1.91 bits per heavy atom. The van der Waals surface area contributed by atoms with E-state index >= 15 is 0 Å². The Morgan fingerprint density at radius 1 is 1.13 bits per heavy atom. The Bertz CT molecular complexity index is 899. The first-order valence-electron chi connectivity index (χ1n) is 7.12. The first-order chi connectivity index (χ1) is 11.0. The minimum atomic E-state index is -0.870. The van der Waals surface area contributed by atoms with Crippen LogP contribution in [-0.2, 0) is 11.3 Å². The summed E-state index contributed by atoms with van der Waals surface area (Å²) in [5, 5.41) is 0.970. The van der Waals surface area contributed by atoms with E-state index in [1.165, 1.54) is 13.2 Å². The van der Waals surface area contributed by atoms with Crippen molar-refractivity contribution in [3.05, 3.63) is 70.9 Å². The van der Waals surface area contributed by atoms with Gasteiger partial charge in [0.1, 0.15) is 0 Å². The third kappa shape index (κ3) is 2.70. The van der Waals surface area contributed by atoms with Crippen LogP contribution in [0.2, 0.25) is 0 Å². The summed E-state index contributed by atoms with van der Waals surface area (Å²) in [5.74, 6) is -2.13. The van der Waals surface area contributed by atoms with E-state index in [9.17, 15) is 13.6 Å². The summed E-state index contributed by atoms with van der Waals surface area (Å²) in [5.41, 5.74) is 2.80. The molecular weight excluding hydrogens is 300 g/mol. The van der Waals surface area contributed by atoms with Gasteiger partial charge in [-0.25, -0.2) is 13.6 Å². The number of benzene rings is 2. The molecule has 3 nitrogen and oxygen atoms in total. The van der Waals surface area contributed by atoms with Crippen LogP contribution in [0.3, 0.4) is 0 Å². The molecule has 0 atom stereocenters. The molecule has 23 heavy (non-hydrogen) atoms. The first kappa shape index (κ1) is 15.2. The van der Waals surface area contributed by atoms with Gasteiger partial charge < -0.3 is 9.30 Å². The molecule has 0 aliphatic heterocycles. The van der Waals surface area contributed by atoms with Gasteiger partial charge in [0.15, 0.2) is 11.6 Å². The Balaban J connectivity index is 2.07. The van der Waals surface area contributed by atoms with Crippen LogP contribution in [0.25, 0.3) is 10.9 Å². The van der Waals surface area contributed by atoms with E-state index in [0.29, 0.717) is 17.7 Å². The monoisotopic (exact) mass is 315 g/mol. The second-order valence-electron chi connectivity index (χ2n) is 5.36. The molecule has 0 aliphatic rings. The summed E-state index contributed by atoms with van der Waals surface area (Å²) in [6.45, 7) is 2.22. The standard InChI is InChI=1S/C18H15F2NO2/c1-11-14(18(22)23-2)5-4-13-7-8-21(17(11)13)10-12-3-6-15(19)16(20)9-12/h3-9H,10H2,1-2H3. The van der Waals surface area contributed by atoms with Gasteiger partial charge >= 0.3 is 5.97 Å². The number of carbonyl (C=O) groups excluding carboxylic acids is 1. The second-order valence-corrected chi connectivity index (χ2v) is 5.36. The quantitative estimate of drug-likeness (QED) is 0.682. The molecule has 0 spiro atoms. The predicted molar refractivity (Wildman–Crippen MR) is 83.5 cm³/mol. The lowest BCUT2D eigenvalue weighted by Gasteiger charge is -2.11. The maximum Gasteiger partial charge on any atom is 0.338 e. The molecule has 0 saturated heterocycles. The number of aryl methyl sites for hydroxylation is 1. The lowest BCUT2D eigenvalue weighted by Crippen LogP contribution is -2.06. The van der Waals surface area contributed by atoms with E-state index in [4.69, 9.17) is 4.74 Å². The molecule has 0 radical (unpaired) electrons. The number of methoxy groups -OCH3 is 1. The summed E-state index contributed by atoms with van der Waals surface area (Å²) in [6, 6.07) is 9.33.